The quantitative estimate of drug-likeness (QED) is 0.498. The van der Waals surface area contributed by atoms with Crippen molar-refractivity contribution in [3.63, 3.8) is 0 Å². The number of thioether (sulfide) groups is 1. The second-order valence-electron chi connectivity index (χ2n) is 7.22. The highest BCUT2D eigenvalue weighted by Crippen LogP contribution is 2.28. The SMILES string of the molecule is COc1ccc(-c2nnc(SCC3CCCCO3)n2CCc2ccccc2)cc1. The summed E-state index contributed by atoms with van der Waals surface area (Å²) in [5, 5.41) is 10.0. The van der Waals surface area contributed by atoms with Gasteiger partial charge < -0.3 is 14.0 Å². The number of benzene rings is 2. The Morgan fingerprint density at radius 3 is 2.62 bits per heavy atom. The molecule has 3 aromatic rings. The molecule has 0 spiro atoms. The summed E-state index contributed by atoms with van der Waals surface area (Å²) in [6.45, 7) is 1.72. The number of hydrogen-bond acceptors (Lipinski definition) is 5. The number of hydrogen-bond donors (Lipinski definition) is 0. The fourth-order valence-electron chi connectivity index (χ4n) is 3.54. The summed E-state index contributed by atoms with van der Waals surface area (Å²) in [6, 6.07) is 18.6. The molecule has 4 rings (SSSR count). The average Bonchev–Trinajstić information content (AvgIpc) is 3.20. The Kier molecular flexibility index (Phi) is 6.85. The van der Waals surface area contributed by atoms with E-state index in [1.807, 2.05) is 24.3 Å². The third-order valence-corrected chi connectivity index (χ3v) is 6.30. The molecule has 152 valence electrons. The van der Waals surface area contributed by atoms with E-state index in [9.17, 15) is 0 Å². The molecule has 1 fully saturated rings. The maximum Gasteiger partial charge on any atom is 0.191 e. The van der Waals surface area contributed by atoms with Gasteiger partial charge in [0.05, 0.1) is 13.2 Å². The first-order chi connectivity index (χ1) is 14.3. The standard InChI is InChI=1S/C23H27N3O2S/c1-27-20-12-10-19(11-13-20)22-24-25-23(29-17-21-9-5-6-16-28-21)26(22)15-14-18-7-3-2-4-8-18/h2-4,7-8,10-13,21H,5-6,9,14-17H2,1H3. The third kappa shape index (κ3) is 5.19. The predicted octanol–water partition coefficient (Wildman–Crippen LogP) is 4.86. The second kappa shape index (κ2) is 9.94. The number of nitrogens with zero attached hydrogens (tertiary/aromatic N) is 3. The number of rotatable bonds is 8. The minimum atomic E-state index is 0.317. The van der Waals surface area contributed by atoms with Crippen molar-refractivity contribution in [1.82, 2.24) is 14.8 Å². The lowest BCUT2D eigenvalue weighted by Gasteiger charge is -2.22. The van der Waals surface area contributed by atoms with Crippen LogP contribution in [0.25, 0.3) is 11.4 Å². The Morgan fingerprint density at radius 1 is 1.07 bits per heavy atom. The summed E-state index contributed by atoms with van der Waals surface area (Å²) >= 11 is 1.75. The van der Waals surface area contributed by atoms with E-state index in [2.05, 4.69) is 45.1 Å². The molecule has 0 bridgehead atoms. The van der Waals surface area contributed by atoms with Gasteiger partial charge in [-0.1, -0.05) is 42.1 Å². The summed E-state index contributed by atoms with van der Waals surface area (Å²) in [5.74, 6) is 2.66. The number of aromatic nitrogens is 3. The van der Waals surface area contributed by atoms with Crippen LogP contribution in [0.3, 0.4) is 0 Å². The Hall–Kier alpha value is -2.31. The van der Waals surface area contributed by atoms with E-state index in [4.69, 9.17) is 9.47 Å². The maximum absolute atomic E-state index is 5.89. The third-order valence-electron chi connectivity index (χ3n) is 5.20. The van der Waals surface area contributed by atoms with Gasteiger partial charge in [0, 0.05) is 24.5 Å². The highest BCUT2D eigenvalue weighted by atomic mass is 32.2. The normalized spacial score (nSPS) is 16.7. The van der Waals surface area contributed by atoms with Crippen LogP contribution in [0.15, 0.2) is 59.8 Å². The smallest absolute Gasteiger partial charge is 0.191 e. The van der Waals surface area contributed by atoms with Crippen molar-refractivity contribution in [3.05, 3.63) is 60.2 Å². The maximum atomic E-state index is 5.89. The molecule has 6 heteroatoms. The van der Waals surface area contributed by atoms with E-state index in [1.165, 1.54) is 18.4 Å². The highest BCUT2D eigenvalue weighted by Gasteiger charge is 2.19. The van der Waals surface area contributed by atoms with Gasteiger partial charge in [-0.25, -0.2) is 0 Å². The summed E-state index contributed by atoms with van der Waals surface area (Å²) in [5.41, 5.74) is 2.36. The van der Waals surface area contributed by atoms with Crippen LogP contribution in [0.4, 0.5) is 0 Å². The number of methoxy groups -OCH3 is 1. The van der Waals surface area contributed by atoms with Gasteiger partial charge in [-0.2, -0.15) is 0 Å². The molecule has 1 aliphatic rings. The molecule has 5 nitrogen and oxygen atoms in total. The Morgan fingerprint density at radius 2 is 1.90 bits per heavy atom. The van der Waals surface area contributed by atoms with Gasteiger partial charge in [0.2, 0.25) is 0 Å². The molecule has 1 atom stereocenters. The molecule has 0 amide bonds. The van der Waals surface area contributed by atoms with E-state index in [1.54, 1.807) is 18.9 Å². The summed E-state index contributed by atoms with van der Waals surface area (Å²) in [4.78, 5) is 0. The molecule has 0 N–H and O–H groups in total. The van der Waals surface area contributed by atoms with E-state index in [0.717, 1.165) is 54.0 Å². The topological polar surface area (TPSA) is 49.2 Å². The van der Waals surface area contributed by atoms with Gasteiger partial charge in [-0.3, -0.25) is 0 Å². The van der Waals surface area contributed by atoms with Crippen LogP contribution >= 0.6 is 11.8 Å². The van der Waals surface area contributed by atoms with Crippen LogP contribution < -0.4 is 4.74 Å². The van der Waals surface area contributed by atoms with E-state index in [-0.39, 0.29) is 0 Å². The van der Waals surface area contributed by atoms with Gasteiger partial charge in [0.15, 0.2) is 11.0 Å². The lowest BCUT2D eigenvalue weighted by molar-refractivity contribution is 0.0315. The first-order valence-electron chi connectivity index (χ1n) is 10.2. The molecule has 1 unspecified atom stereocenters. The Bertz CT molecular complexity index is 890. The zero-order valence-corrected chi connectivity index (χ0v) is 17.6. The van der Waals surface area contributed by atoms with Crippen LogP contribution in [-0.4, -0.2) is 40.3 Å². The average molecular weight is 410 g/mol. The van der Waals surface area contributed by atoms with E-state index >= 15 is 0 Å². The van der Waals surface area contributed by atoms with Crippen molar-refractivity contribution in [2.45, 2.75) is 43.5 Å². The lowest BCUT2D eigenvalue weighted by atomic mass is 10.1. The van der Waals surface area contributed by atoms with Crippen molar-refractivity contribution in [2.75, 3.05) is 19.5 Å². The summed E-state index contributed by atoms with van der Waals surface area (Å²) < 4.78 is 13.4. The lowest BCUT2D eigenvalue weighted by Crippen LogP contribution is -2.21. The monoisotopic (exact) mass is 409 g/mol. The van der Waals surface area contributed by atoms with Crippen molar-refractivity contribution in [2.24, 2.45) is 0 Å². The first-order valence-corrected chi connectivity index (χ1v) is 11.2. The van der Waals surface area contributed by atoms with Gasteiger partial charge in [-0.05, 0) is 55.5 Å². The molecule has 0 radical (unpaired) electrons. The summed E-state index contributed by atoms with van der Waals surface area (Å²) in [7, 11) is 1.68. The zero-order chi connectivity index (χ0) is 19.9. The fourth-order valence-corrected chi connectivity index (χ4v) is 4.57. The molecule has 2 heterocycles. The van der Waals surface area contributed by atoms with Crippen molar-refractivity contribution < 1.29 is 9.47 Å². The zero-order valence-electron chi connectivity index (χ0n) is 16.8. The van der Waals surface area contributed by atoms with Crippen LogP contribution in [0.5, 0.6) is 5.75 Å². The minimum Gasteiger partial charge on any atom is -0.497 e. The van der Waals surface area contributed by atoms with Crippen LogP contribution in [0, 0.1) is 0 Å². The molecule has 29 heavy (non-hydrogen) atoms. The highest BCUT2D eigenvalue weighted by molar-refractivity contribution is 7.99. The van der Waals surface area contributed by atoms with Crippen LogP contribution in [-0.2, 0) is 17.7 Å². The Labute approximate surface area is 176 Å². The van der Waals surface area contributed by atoms with E-state index < -0.39 is 0 Å². The molecule has 1 saturated heterocycles. The largest absolute Gasteiger partial charge is 0.497 e. The molecule has 1 aromatic heterocycles. The second-order valence-corrected chi connectivity index (χ2v) is 8.21. The van der Waals surface area contributed by atoms with Crippen molar-refractivity contribution >= 4 is 11.8 Å². The van der Waals surface area contributed by atoms with Crippen molar-refractivity contribution in [3.8, 4) is 17.1 Å². The molecule has 2 aromatic carbocycles. The van der Waals surface area contributed by atoms with Gasteiger partial charge in [0.1, 0.15) is 5.75 Å². The minimum absolute atomic E-state index is 0.317. The molecule has 0 aliphatic carbocycles. The molecule has 0 saturated carbocycles. The van der Waals surface area contributed by atoms with Gasteiger partial charge in [-0.15, -0.1) is 10.2 Å². The van der Waals surface area contributed by atoms with Crippen LogP contribution in [0.1, 0.15) is 24.8 Å². The van der Waals surface area contributed by atoms with Gasteiger partial charge in [0.25, 0.3) is 0 Å². The number of aryl methyl sites for hydroxylation is 1. The first kappa shape index (κ1) is 20.0. The van der Waals surface area contributed by atoms with Gasteiger partial charge >= 0.3 is 0 Å². The molecular weight excluding hydrogens is 382 g/mol. The molecule has 1 aliphatic heterocycles. The Balaban J connectivity index is 1.54. The van der Waals surface area contributed by atoms with E-state index in [0.29, 0.717) is 6.10 Å². The predicted molar refractivity (Wildman–Crippen MR) is 116 cm³/mol. The van der Waals surface area contributed by atoms with Crippen molar-refractivity contribution in [1.29, 1.82) is 0 Å². The fraction of sp³-hybridized carbons (Fsp3) is 0.391. The van der Waals surface area contributed by atoms with Crippen LogP contribution in [0.2, 0.25) is 0 Å². The number of ether oxygens (including phenoxy) is 2. The summed E-state index contributed by atoms with van der Waals surface area (Å²) in [6.07, 6.45) is 4.82. The molecular formula is C23H27N3O2S.